The number of aliphatic hydroxyl groups excluding tert-OH is 1. The predicted molar refractivity (Wildman–Crippen MR) is 113 cm³/mol. The van der Waals surface area contributed by atoms with Crippen molar-refractivity contribution in [2.75, 3.05) is 5.32 Å². The van der Waals surface area contributed by atoms with Crippen LogP contribution in [0.4, 0.5) is 14.5 Å². The number of anilines is 1. The van der Waals surface area contributed by atoms with E-state index in [-0.39, 0.29) is 52.1 Å². The van der Waals surface area contributed by atoms with Gasteiger partial charge in [-0.05, 0) is 32.0 Å². The Hall–Kier alpha value is -3.24. The molecule has 4 rings (SSSR count). The Bertz CT molecular complexity index is 1270. The van der Waals surface area contributed by atoms with Crippen molar-refractivity contribution in [2.24, 2.45) is 0 Å². The van der Waals surface area contributed by atoms with Crippen molar-refractivity contribution in [2.45, 2.75) is 39.5 Å². The standard InChI is InChI=1S/C21H19ClF2N4O4/c1-3-27-16(9-29)26-28(21(27)31)18-11-7-10(2)32-19(11)12(8-15(18)24)20(30)25-17-13(22)5-4-6-14(17)23/h4-6,8,10,29H,3,7,9H2,1-2H3,(H,25,30). The van der Waals surface area contributed by atoms with Crippen molar-refractivity contribution in [3.63, 3.8) is 0 Å². The lowest BCUT2D eigenvalue weighted by molar-refractivity contribution is 0.102. The lowest BCUT2D eigenvalue weighted by atomic mass is 10.0. The van der Waals surface area contributed by atoms with Crippen molar-refractivity contribution in [3.8, 4) is 11.4 Å². The molecule has 1 atom stereocenters. The average molecular weight is 465 g/mol. The van der Waals surface area contributed by atoms with Crippen LogP contribution in [0.1, 0.15) is 35.6 Å². The summed E-state index contributed by atoms with van der Waals surface area (Å²) in [4.78, 5) is 25.7. The highest BCUT2D eigenvalue weighted by Crippen LogP contribution is 2.39. The van der Waals surface area contributed by atoms with E-state index in [2.05, 4.69) is 10.4 Å². The van der Waals surface area contributed by atoms with E-state index in [1.54, 1.807) is 13.8 Å². The maximum absolute atomic E-state index is 15.3. The molecule has 2 aromatic carbocycles. The van der Waals surface area contributed by atoms with E-state index in [0.29, 0.717) is 0 Å². The summed E-state index contributed by atoms with van der Waals surface area (Å²) < 4.78 is 37.2. The first-order valence-corrected chi connectivity index (χ1v) is 10.2. The molecule has 0 saturated heterocycles. The molecule has 0 saturated carbocycles. The minimum atomic E-state index is -0.890. The molecule has 168 valence electrons. The highest BCUT2D eigenvalue weighted by Gasteiger charge is 2.33. The summed E-state index contributed by atoms with van der Waals surface area (Å²) in [6.07, 6.45) is -0.196. The molecular formula is C21H19ClF2N4O4. The number of carbonyl (C=O) groups excluding carboxylic acids is 1. The molecule has 0 fully saturated rings. The van der Waals surface area contributed by atoms with Crippen LogP contribution in [0.25, 0.3) is 5.69 Å². The lowest BCUT2D eigenvalue weighted by Crippen LogP contribution is -2.25. The van der Waals surface area contributed by atoms with Crippen LogP contribution < -0.4 is 15.7 Å². The predicted octanol–water partition coefficient (Wildman–Crippen LogP) is 3.05. The first-order chi connectivity index (χ1) is 15.3. The molecule has 2 N–H and O–H groups in total. The van der Waals surface area contributed by atoms with E-state index in [9.17, 15) is 19.1 Å². The molecule has 32 heavy (non-hydrogen) atoms. The van der Waals surface area contributed by atoms with Crippen LogP contribution in [-0.2, 0) is 19.6 Å². The van der Waals surface area contributed by atoms with E-state index >= 15 is 4.39 Å². The van der Waals surface area contributed by atoms with Gasteiger partial charge in [-0.15, -0.1) is 5.10 Å². The first-order valence-electron chi connectivity index (χ1n) is 9.84. The van der Waals surface area contributed by atoms with Crippen LogP contribution in [0, 0.1) is 11.6 Å². The number of benzene rings is 2. The van der Waals surface area contributed by atoms with Crippen LogP contribution in [0.2, 0.25) is 5.02 Å². The van der Waals surface area contributed by atoms with Gasteiger partial charge in [-0.2, -0.15) is 4.68 Å². The number of nitrogens with one attached hydrogen (secondary N) is 1. The molecule has 0 bridgehead atoms. The van der Waals surface area contributed by atoms with Crippen LogP contribution in [0.15, 0.2) is 29.1 Å². The number of hydrogen-bond acceptors (Lipinski definition) is 5. The molecule has 3 aromatic rings. The molecule has 11 heteroatoms. The van der Waals surface area contributed by atoms with Gasteiger partial charge >= 0.3 is 5.69 Å². The van der Waals surface area contributed by atoms with Crippen LogP contribution in [-0.4, -0.2) is 31.5 Å². The average Bonchev–Trinajstić information content (AvgIpc) is 3.29. The first kappa shape index (κ1) is 22.0. The summed E-state index contributed by atoms with van der Waals surface area (Å²) in [5.74, 6) is -2.31. The number of fused-ring (bicyclic) bond motifs is 1. The number of rotatable bonds is 5. The van der Waals surface area contributed by atoms with Gasteiger partial charge in [0.15, 0.2) is 5.82 Å². The van der Waals surface area contributed by atoms with E-state index in [4.69, 9.17) is 16.3 Å². The molecule has 1 aromatic heterocycles. The quantitative estimate of drug-likeness (QED) is 0.604. The Morgan fingerprint density at radius 3 is 2.75 bits per heavy atom. The van der Waals surface area contributed by atoms with E-state index in [1.165, 1.54) is 16.7 Å². The lowest BCUT2D eigenvalue weighted by Gasteiger charge is -2.14. The van der Waals surface area contributed by atoms with Crippen molar-refractivity contribution >= 4 is 23.2 Å². The van der Waals surface area contributed by atoms with Crippen molar-refractivity contribution in [1.82, 2.24) is 14.3 Å². The third-order valence-corrected chi connectivity index (χ3v) is 5.48. The van der Waals surface area contributed by atoms with Gasteiger partial charge in [0.1, 0.15) is 35.8 Å². The van der Waals surface area contributed by atoms with Crippen LogP contribution in [0.3, 0.4) is 0 Å². The maximum atomic E-state index is 15.3. The highest BCUT2D eigenvalue weighted by molar-refractivity contribution is 6.34. The Kier molecular flexibility index (Phi) is 5.74. The smallest absolute Gasteiger partial charge is 0.350 e. The number of halogens is 3. The summed E-state index contributed by atoms with van der Waals surface area (Å²) in [6.45, 7) is 3.15. The number of hydrogen-bond donors (Lipinski definition) is 2. The second-order valence-electron chi connectivity index (χ2n) is 7.26. The maximum Gasteiger partial charge on any atom is 0.350 e. The van der Waals surface area contributed by atoms with Crippen LogP contribution in [0.5, 0.6) is 5.75 Å². The number of aliphatic hydroxyl groups is 1. The third-order valence-electron chi connectivity index (χ3n) is 5.17. The van der Waals surface area contributed by atoms with Gasteiger partial charge < -0.3 is 15.2 Å². The fraction of sp³-hybridized carbons (Fsp3) is 0.286. The minimum absolute atomic E-state index is 0.0189. The second-order valence-corrected chi connectivity index (χ2v) is 7.67. The van der Waals surface area contributed by atoms with E-state index < -0.39 is 35.9 Å². The minimum Gasteiger partial charge on any atom is -0.489 e. The Balaban J connectivity index is 1.85. The zero-order valence-corrected chi connectivity index (χ0v) is 17.9. The van der Waals surface area contributed by atoms with E-state index in [1.807, 2.05) is 0 Å². The van der Waals surface area contributed by atoms with Crippen LogP contribution >= 0.6 is 11.6 Å². The number of nitrogens with zero attached hydrogens (tertiary/aromatic N) is 3. The zero-order chi connectivity index (χ0) is 23.2. The summed E-state index contributed by atoms with van der Waals surface area (Å²) >= 11 is 5.97. The molecular weight excluding hydrogens is 446 g/mol. The SMILES string of the molecule is CCn1c(CO)nn(-c2c(F)cc(C(=O)Nc3c(F)cccc3Cl)c3c2CC(C)O3)c1=O. The molecule has 0 aliphatic carbocycles. The molecule has 1 aliphatic heterocycles. The molecule has 1 aliphatic rings. The van der Waals surface area contributed by atoms with Crippen molar-refractivity contribution < 1.29 is 23.4 Å². The van der Waals surface area contributed by atoms with Gasteiger partial charge in [-0.3, -0.25) is 9.36 Å². The zero-order valence-electron chi connectivity index (χ0n) is 17.2. The summed E-state index contributed by atoms with van der Waals surface area (Å²) in [7, 11) is 0. The molecule has 0 spiro atoms. The van der Waals surface area contributed by atoms with E-state index in [0.717, 1.165) is 16.8 Å². The fourth-order valence-electron chi connectivity index (χ4n) is 3.74. The fourth-order valence-corrected chi connectivity index (χ4v) is 3.95. The highest BCUT2D eigenvalue weighted by atomic mass is 35.5. The van der Waals surface area contributed by atoms with Gasteiger partial charge in [0.05, 0.1) is 16.3 Å². The molecule has 2 heterocycles. The summed E-state index contributed by atoms with van der Waals surface area (Å²) in [5.41, 5.74) is -0.928. The molecule has 8 nitrogen and oxygen atoms in total. The van der Waals surface area contributed by atoms with Crippen molar-refractivity contribution in [3.05, 3.63) is 68.4 Å². The number of para-hydroxylation sites is 1. The normalized spacial score (nSPS) is 14.9. The summed E-state index contributed by atoms with van der Waals surface area (Å²) in [6, 6.07) is 4.83. The number of amides is 1. The number of ether oxygens (including phenoxy) is 1. The summed E-state index contributed by atoms with van der Waals surface area (Å²) in [5, 5.41) is 15.9. The Labute approximate surface area is 186 Å². The van der Waals surface area contributed by atoms with Gasteiger partial charge in [-0.25, -0.2) is 13.6 Å². The number of carbonyl (C=O) groups is 1. The van der Waals surface area contributed by atoms with Gasteiger partial charge in [0, 0.05) is 18.5 Å². The van der Waals surface area contributed by atoms with Gasteiger partial charge in [0.25, 0.3) is 5.91 Å². The molecule has 1 amide bonds. The Morgan fingerprint density at radius 1 is 1.38 bits per heavy atom. The molecule has 1 unspecified atom stereocenters. The second kappa shape index (κ2) is 8.36. The van der Waals surface area contributed by atoms with Gasteiger partial charge in [-0.1, -0.05) is 17.7 Å². The number of aromatic nitrogens is 3. The molecule has 0 radical (unpaired) electrons. The van der Waals surface area contributed by atoms with Gasteiger partial charge in [0.2, 0.25) is 0 Å². The topological polar surface area (TPSA) is 98.4 Å². The van der Waals surface area contributed by atoms with Crippen molar-refractivity contribution in [1.29, 1.82) is 0 Å². The third kappa shape index (κ3) is 3.55. The Morgan fingerprint density at radius 2 is 2.12 bits per heavy atom. The monoisotopic (exact) mass is 464 g/mol. The largest absolute Gasteiger partial charge is 0.489 e.